The summed E-state index contributed by atoms with van der Waals surface area (Å²) in [5.74, 6) is -0.113. The van der Waals surface area contributed by atoms with Crippen LogP contribution in [0.1, 0.15) is 11.1 Å². The number of aromatic nitrogens is 1. The van der Waals surface area contributed by atoms with Gasteiger partial charge in [0.05, 0.1) is 11.3 Å². The van der Waals surface area contributed by atoms with E-state index in [1.54, 1.807) is 6.07 Å². The van der Waals surface area contributed by atoms with Gasteiger partial charge in [-0.15, -0.1) is 0 Å². The topological polar surface area (TPSA) is 93.5 Å². The van der Waals surface area contributed by atoms with Gasteiger partial charge in [0.1, 0.15) is 11.6 Å². The first-order valence-corrected chi connectivity index (χ1v) is 11.1. The zero-order chi connectivity index (χ0) is 24.7. The second-order valence-corrected chi connectivity index (χ2v) is 8.32. The minimum absolute atomic E-state index is 0.0925. The van der Waals surface area contributed by atoms with E-state index in [9.17, 15) is 17.6 Å². The van der Waals surface area contributed by atoms with Gasteiger partial charge in [0, 0.05) is 57.7 Å². The van der Waals surface area contributed by atoms with Crippen LogP contribution in [0.25, 0.3) is 0 Å². The van der Waals surface area contributed by atoms with Crippen molar-refractivity contribution in [3.8, 4) is 0 Å². The van der Waals surface area contributed by atoms with Crippen molar-refractivity contribution in [2.75, 3.05) is 61.8 Å². The second kappa shape index (κ2) is 11.5. The summed E-state index contributed by atoms with van der Waals surface area (Å²) in [6.07, 6.45) is -3.66. The molecule has 3 rings (SSSR count). The zero-order valence-electron chi connectivity index (χ0n) is 18.7. The highest BCUT2D eigenvalue weighted by atomic mass is 32.1. The number of nitrogens with zero attached hydrogens (tertiary/aromatic N) is 3. The van der Waals surface area contributed by atoms with Crippen LogP contribution in [0.3, 0.4) is 0 Å². The third-order valence-corrected chi connectivity index (χ3v) is 5.44. The summed E-state index contributed by atoms with van der Waals surface area (Å²) in [6.45, 7) is 4.38. The number of halogens is 4. The molecule has 13 heteroatoms. The minimum atomic E-state index is -4.43. The van der Waals surface area contributed by atoms with Gasteiger partial charge in [-0.1, -0.05) is 0 Å². The van der Waals surface area contributed by atoms with Crippen molar-refractivity contribution < 1.29 is 17.6 Å². The molecule has 0 radical (unpaired) electrons. The Morgan fingerprint density at radius 2 is 1.82 bits per heavy atom. The molecule has 1 aliphatic heterocycles. The SMILES string of the molecule is CN1CCN(c2cc(NCCNc3ccc(C(F)(F)F)cn3)c(F)cc2CNNC(N)=S)CC1. The molecule has 1 aromatic carbocycles. The Balaban J connectivity index is 1.63. The lowest BCUT2D eigenvalue weighted by Gasteiger charge is -2.35. The molecule has 0 saturated carbocycles. The number of rotatable bonds is 9. The molecule has 0 amide bonds. The Bertz CT molecular complexity index is 962. The standard InChI is InChI=1S/C21H28F4N8S/c1-32-6-8-33(9-7-32)18-11-17(16(22)10-14(18)12-30-31-20(26)34)27-4-5-28-19-3-2-15(13-29-19)21(23,24)25/h2-3,10-11,13,27,30H,4-9,12H2,1H3,(H,28,29)(H3,26,31,34). The maximum absolute atomic E-state index is 14.8. The lowest BCUT2D eigenvalue weighted by Crippen LogP contribution is -2.45. The summed E-state index contributed by atoms with van der Waals surface area (Å²) in [6, 6.07) is 5.46. The molecular weight excluding hydrogens is 472 g/mol. The molecule has 0 bridgehead atoms. The highest BCUT2D eigenvalue weighted by molar-refractivity contribution is 7.80. The van der Waals surface area contributed by atoms with Crippen molar-refractivity contribution >= 4 is 34.5 Å². The molecular formula is C21H28F4N8S. The molecule has 6 N–H and O–H groups in total. The van der Waals surface area contributed by atoms with E-state index in [4.69, 9.17) is 18.0 Å². The fourth-order valence-electron chi connectivity index (χ4n) is 3.50. The molecule has 186 valence electrons. The monoisotopic (exact) mass is 500 g/mol. The predicted octanol–water partition coefficient (Wildman–Crippen LogP) is 2.35. The van der Waals surface area contributed by atoms with Crippen molar-refractivity contribution in [2.24, 2.45) is 5.73 Å². The maximum atomic E-state index is 14.8. The predicted molar refractivity (Wildman–Crippen MR) is 129 cm³/mol. The highest BCUT2D eigenvalue weighted by Crippen LogP contribution is 2.30. The quantitative estimate of drug-likeness (QED) is 0.154. The van der Waals surface area contributed by atoms with E-state index in [0.717, 1.165) is 49.7 Å². The number of likely N-dealkylation sites (N-methyl/N-ethyl adjacent to an activating group) is 1. The first kappa shape index (κ1) is 25.7. The van der Waals surface area contributed by atoms with Gasteiger partial charge in [-0.25, -0.2) is 14.8 Å². The average Bonchev–Trinajstić information content (AvgIpc) is 2.78. The van der Waals surface area contributed by atoms with Gasteiger partial charge < -0.3 is 26.2 Å². The van der Waals surface area contributed by atoms with E-state index in [0.29, 0.717) is 31.1 Å². The number of nitrogens with one attached hydrogen (secondary N) is 4. The summed E-state index contributed by atoms with van der Waals surface area (Å²) in [7, 11) is 2.06. The van der Waals surface area contributed by atoms with Crippen molar-refractivity contribution in [3.63, 3.8) is 0 Å². The number of alkyl halides is 3. The molecule has 1 saturated heterocycles. The third-order valence-electron chi connectivity index (χ3n) is 5.34. The number of hydrazine groups is 1. The first-order chi connectivity index (χ1) is 16.1. The molecule has 0 aliphatic carbocycles. The number of nitrogens with two attached hydrogens (primary N) is 1. The Labute approximate surface area is 200 Å². The Morgan fingerprint density at radius 1 is 1.12 bits per heavy atom. The molecule has 34 heavy (non-hydrogen) atoms. The van der Waals surface area contributed by atoms with Crippen LogP contribution in [0.5, 0.6) is 0 Å². The zero-order valence-corrected chi connectivity index (χ0v) is 19.5. The molecule has 1 aliphatic rings. The molecule has 0 spiro atoms. The molecule has 2 aromatic rings. The van der Waals surface area contributed by atoms with Crippen LogP contribution in [0.4, 0.5) is 34.8 Å². The van der Waals surface area contributed by atoms with Gasteiger partial charge in [0.15, 0.2) is 5.11 Å². The molecule has 1 fully saturated rings. The van der Waals surface area contributed by atoms with Crippen LogP contribution >= 0.6 is 12.2 Å². The molecule has 1 aromatic heterocycles. The van der Waals surface area contributed by atoms with Crippen molar-refractivity contribution in [3.05, 3.63) is 47.4 Å². The fraction of sp³-hybridized carbons (Fsp3) is 0.429. The van der Waals surface area contributed by atoms with Crippen molar-refractivity contribution in [1.29, 1.82) is 0 Å². The van der Waals surface area contributed by atoms with E-state index in [2.05, 4.69) is 43.3 Å². The van der Waals surface area contributed by atoms with E-state index in [-0.39, 0.29) is 5.11 Å². The summed E-state index contributed by atoms with van der Waals surface area (Å²) in [4.78, 5) is 8.20. The number of pyridine rings is 1. The van der Waals surface area contributed by atoms with Crippen molar-refractivity contribution in [1.82, 2.24) is 20.7 Å². The largest absolute Gasteiger partial charge is 0.417 e. The lowest BCUT2D eigenvalue weighted by atomic mass is 10.1. The van der Waals surface area contributed by atoms with Crippen LogP contribution in [0.15, 0.2) is 30.5 Å². The normalized spacial score (nSPS) is 14.7. The molecule has 0 unspecified atom stereocenters. The fourth-order valence-corrected chi connectivity index (χ4v) is 3.57. The summed E-state index contributed by atoms with van der Waals surface area (Å²) in [5.41, 5.74) is 12.2. The molecule has 8 nitrogen and oxygen atoms in total. The smallest absolute Gasteiger partial charge is 0.381 e. The highest BCUT2D eigenvalue weighted by Gasteiger charge is 2.30. The number of benzene rings is 1. The number of thiocarbonyl (C=S) groups is 1. The Hall–Kier alpha value is -2.90. The van der Waals surface area contributed by atoms with E-state index in [1.807, 2.05) is 0 Å². The molecule has 2 heterocycles. The average molecular weight is 501 g/mol. The number of anilines is 3. The van der Waals surface area contributed by atoms with E-state index >= 15 is 0 Å². The lowest BCUT2D eigenvalue weighted by molar-refractivity contribution is -0.137. The third kappa shape index (κ3) is 7.30. The van der Waals surface area contributed by atoms with Gasteiger partial charge in [-0.3, -0.25) is 5.43 Å². The van der Waals surface area contributed by atoms with Crippen LogP contribution in [-0.4, -0.2) is 61.3 Å². The van der Waals surface area contributed by atoms with Crippen molar-refractivity contribution in [2.45, 2.75) is 12.7 Å². The van der Waals surface area contributed by atoms with Crippen LogP contribution in [0.2, 0.25) is 0 Å². The summed E-state index contributed by atoms with van der Waals surface area (Å²) >= 11 is 4.79. The maximum Gasteiger partial charge on any atom is 0.417 e. The Morgan fingerprint density at radius 3 is 2.44 bits per heavy atom. The van der Waals surface area contributed by atoms with Crippen LogP contribution in [0, 0.1) is 5.82 Å². The number of hydrogen-bond donors (Lipinski definition) is 5. The summed E-state index contributed by atoms with van der Waals surface area (Å²) in [5, 5.41) is 6.07. The van der Waals surface area contributed by atoms with E-state index < -0.39 is 17.6 Å². The van der Waals surface area contributed by atoms with Gasteiger partial charge in [0.25, 0.3) is 0 Å². The second-order valence-electron chi connectivity index (χ2n) is 7.88. The van der Waals surface area contributed by atoms with Crippen LogP contribution < -0.4 is 32.1 Å². The van der Waals surface area contributed by atoms with Gasteiger partial charge in [-0.2, -0.15) is 13.2 Å². The number of hydrogen-bond acceptors (Lipinski definition) is 7. The van der Waals surface area contributed by atoms with E-state index in [1.165, 1.54) is 12.1 Å². The Kier molecular flexibility index (Phi) is 8.69. The number of piperazine rings is 1. The van der Waals surface area contributed by atoms with Crippen LogP contribution in [-0.2, 0) is 12.7 Å². The van der Waals surface area contributed by atoms with Gasteiger partial charge in [0.2, 0.25) is 0 Å². The first-order valence-electron chi connectivity index (χ1n) is 10.7. The van der Waals surface area contributed by atoms with Gasteiger partial charge in [-0.05, 0) is 49.1 Å². The minimum Gasteiger partial charge on any atom is -0.381 e. The molecule has 0 atom stereocenters. The summed E-state index contributed by atoms with van der Waals surface area (Å²) < 4.78 is 52.7. The van der Waals surface area contributed by atoms with Gasteiger partial charge >= 0.3 is 6.18 Å².